The van der Waals surface area contributed by atoms with Crippen LogP contribution in [0, 0.1) is 12.8 Å². The van der Waals surface area contributed by atoms with Crippen molar-refractivity contribution < 1.29 is 4.74 Å². The van der Waals surface area contributed by atoms with E-state index in [2.05, 4.69) is 18.3 Å². The van der Waals surface area contributed by atoms with Crippen LogP contribution >= 0.6 is 0 Å². The van der Waals surface area contributed by atoms with E-state index in [-0.39, 0.29) is 0 Å². The third kappa shape index (κ3) is 2.71. The van der Waals surface area contributed by atoms with E-state index in [0.29, 0.717) is 0 Å². The minimum atomic E-state index is 0.784. The molecular formula is C18H27NO. The van der Waals surface area contributed by atoms with Gasteiger partial charge in [-0.3, -0.25) is 0 Å². The van der Waals surface area contributed by atoms with Gasteiger partial charge in [0.05, 0.1) is 7.11 Å². The van der Waals surface area contributed by atoms with Crippen LogP contribution in [0.3, 0.4) is 0 Å². The SMILES string of the molecule is COc1cc(C)c2c(c1CC1CCCNC1)CCCC2. The van der Waals surface area contributed by atoms with Gasteiger partial charge in [0.1, 0.15) is 5.75 Å². The number of rotatable bonds is 3. The zero-order valence-electron chi connectivity index (χ0n) is 12.9. The number of methoxy groups -OCH3 is 1. The molecule has 0 amide bonds. The molecular weight excluding hydrogens is 246 g/mol. The highest BCUT2D eigenvalue weighted by molar-refractivity contribution is 5.50. The molecule has 1 unspecified atom stereocenters. The van der Waals surface area contributed by atoms with Gasteiger partial charge in [0.25, 0.3) is 0 Å². The van der Waals surface area contributed by atoms with Gasteiger partial charge in [0.2, 0.25) is 0 Å². The van der Waals surface area contributed by atoms with Crippen LogP contribution < -0.4 is 10.1 Å². The smallest absolute Gasteiger partial charge is 0.122 e. The fourth-order valence-corrected chi connectivity index (χ4v) is 3.99. The second-order valence-corrected chi connectivity index (χ2v) is 6.45. The molecule has 1 aliphatic heterocycles. The Morgan fingerprint density at radius 2 is 2.00 bits per heavy atom. The Balaban J connectivity index is 1.94. The lowest BCUT2D eigenvalue weighted by Crippen LogP contribution is -2.31. The molecule has 1 aliphatic carbocycles. The van der Waals surface area contributed by atoms with Gasteiger partial charge in [-0.15, -0.1) is 0 Å². The number of fused-ring (bicyclic) bond motifs is 1. The number of hydrogen-bond acceptors (Lipinski definition) is 2. The van der Waals surface area contributed by atoms with Crippen molar-refractivity contribution in [1.82, 2.24) is 5.32 Å². The second-order valence-electron chi connectivity index (χ2n) is 6.45. The molecule has 1 aromatic rings. The fourth-order valence-electron chi connectivity index (χ4n) is 3.99. The minimum Gasteiger partial charge on any atom is -0.496 e. The Hall–Kier alpha value is -1.02. The summed E-state index contributed by atoms with van der Waals surface area (Å²) in [6.45, 7) is 4.62. The second kappa shape index (κ2) is 6.17. The van der Waals surface area contributed by atoms with Crippen molar-refractivity contribution in [3.05, 3.63) is 28.3 Å². The van der Waals surface area contributed by atoms with Gasteiger partial charge in [-0.25, -0.2) is 0 Å². The summed E-state index contributed by atoms with van der Waals surface area (Å²) in [5, 5.41) is 3.54. The third-order valence-electron chi connectivity index (χ3n) is 5.06. The number of ether oxygens (including phenoxy) is 1. The molecule has 3 rings (SSSR count). The average molecular weight is 273 g/mol. The van der Waals surface area contributed by atoms with Gasteiger partial charge in [-0.05, 0) is 99.2 Å². The maximum absolute atomic E-state index is 5.71. The van der Waals surface area contributed by atoms with E-state index in [1.165, 1.54) is 69.2 Å². The summed E-state index contributed by atoms with van der Waals surface area (Å²) in [5.41, 5.74) is 6.19. The first-order chi connectivity index (χ1) is 9.79. The Bertz CT molecular complexity index is 475. The summed E-state index contributed by atoms with van der Waals surface area (Å²) < 4.78 is 5.71. The summed E-state index contributed by atoms with van der Waals surface area (Å²) in [5.74, 6) is 1.92. The zero-order valence-corrected chi connectivity index (χ0v) is 12.9. The molecule has 1 heterocycles. The van der Waals surface area contributed by atoms with E-state index < -0.39 is 0 Å². The Morgan fingerprint density at radius 3 is 2.70 bits per heavy atom. The lowest BCUT2D eigenvalue weighted by atomic mass is 9.81. The normalized spacial score (nSPS) is 22.4. The van der Waals surface area contributed by atoms with Crippen LogP contribution in [0.1, 0.15) is 47.9 Å². The monoisotopic (exact) mass is 273 g/mol. The molecule has 0 bridgehead atoms. The first-order valence-corrected chi connectivity index (χ1v) is 8.18. The third-order valence-corrected chi connectivity index (χ3v) is 5.06. The minimum absolute atomic E-state index is 0.784. The molecule has 1 atom stereocenters. The number of aryl methyl sites for hydroxylation is 1. The van der Waals surface area contributed by atoms with Crippen LogP contribution in [-0.2, 0) is 19.3 Å². The Kier molecular flexibility index (Phi) is 4.30. The molecule has 0 radical (unpaired) electrons. The predicted octanol–water partition coefficient (Wildman–Crippen LogP) is 3.42. The van der Waals surface area contributed by atoms with Crippen LogP contribution in [0.15, 0.2) is 6.07 Å². The van der Waals surface area contributed by atoms with E-state index in [1.54, 1.807) is 11.1 Å². The van der Waals surface area contributed by atoms with Crippen molar-refractivity contribution in [2.24, 2.45) is 5.92 Å². The molecule has 1 N–H and O–H groups in total. The van der Waals surface area contributed by atoms with Crippen LogP contribution in [0.4, 0.5) is 0 Å². The number of hydrogen-bond donors (Lipinski definition) is 1. The molecule has 2 aliphatic rings. The van der Waals surface area contributed by atoms with Crippen LogP contribution in [0.5, 0.6) is 5.75 Å². The van der Waals surface area contributed by atoms with Crippen LogP contribution in [0.25, 0.3) is 0 Å². The summed E-state index contributed by atoms with van der Waals surface area (Å²) in [6, 6.07) is 2.27. The molecule has 0 spiro atoms. The van der Waals surface area contributed by atoms with E-state index in [1.807, 2.05) is 7.11 Å². The molecule has 1 fully saturated rings. The van der Waals surface area contributed by atoms with Crippen molar-refractivity contribution in [2.45, 2.75) is 51.9 Å². The summed E-state index contributed by atoms with van der Waals surface area (Å²) in [4.78, 5) is 0. The molecule has 2 nitrogen and oxygen atoms in total. The number of piperidine rings is 1. The molecule has 110 valence electrons. The standard InChI is InChI=1S/C18H27NO/c1-13-10-18(20-2)17(11-14-6-5-9-19-12-14)16-8-4-3-7-15(13)16/h10,14,19H,3-9,11-12H2,1-2H3. The number of benzene rings is 1. The Morgan fingerprint density at radius 1 is 1.20 bits per heavy atom. The molecule has 1 aromatic carbocycles. The zero-order chi connectivity index (χ0) is 13.9. The average Bonchev–Trinajstić information content (AvgIpc) is 2.51. The van der Waals surface area contributed by atoms with E-state index in [4.69, 9.17) is 4.74 Å². The number of nitrogens with one attached hydrogen (secondary N) is 1. The van der Waals surface area contributed by atoms with Crippen LogP contribution in [0.2, 0.25) is 0 Å². The van der Waals surface area contributed by atoms with E-state index >= 15 is 0 Å². The molecule has 0 saturated carbocycles. The highest BCUT2D eigenvalue weighted by atomic mass is 16.5. The van der Waals surface area contributed by atoms with Gasteiger partial charge < -0.3 is 10.1 Å². The van der Waals surface area contributed by atoms with Gasteiger partial charge in [-0.2, -0.15) is 0 Å². The summed E-state index contributed by atoms with van der Waals surface area (Å²) in [6.07, 6.45) is 9.09. The summed E-state index contributed by atoms with van der Waals surface area (Å²) in [7, 11) is 1.83. The van der Waals surface area contributed by atoms with E-state index in [9.17, 15) is 0 Å². The lowest BCUT2D eigenvalue weighted by Gasteiger charge is -2.28. The van der Waals surface area contributed by atoms with Crippen molar-refractivity contribution in [1.29, 1.82) is 0 Å². The Labute approximate surface area is 122 Å². The van der Waals surface area contributed by atoms with Crippen molar-refractivity contribution in [3.63, 3.8) is 0 Å². The first-order valence-electron chi connectivity index (χ1n) is 8.18. The van der Waals surface area contributed by atoms with Crippen molar-refractivity contribution in [2.75, 3.05) is 20.2 Å². The van der Waals surface area contributed by atoms with E-state index in [0.717, 1.165) is 11.7 Å². The van der Waals surface area contributed by atoms with Gasteiger partial charge in [0.15, 0.2) is 0 Å². The first kappa shape index (κ1) is 13.9. The molecule has 20 heavy (non-hydrogen) atoms. The van der Waals surface area contributed by atoms with Gasteiger partial charge >= 0.3 is 0 Å². The fraction of sp³-hybridized carbons (Fsp3) is 0.667. The largest absolute Gasteiger partial charge is 0.496 e. The lowest BCUT2D eigenvalue weighted by molar-refractivity contribution is 0.362. The van der Waals surface area contributed by atoms with Crippen molar-refractivity contribution in [3.8, 4) is 5.75 Å². The molecule has 2 heteroatoms. The molecule has 1 saturated heterocycles. The highest BCUT2D eigenvalue weighted by Crippen LogP contribution is 2.36. The summed E-state index contributed by atoms with van der Waals surface area (Å²) >= 11 is 0. The predicted molar refractivity (Wildman–Crippen MR) is 83.7 cm³/mol. The van der Waals surface area contributed by atoms with Crippen LogP contribution in [-0.4, -0.2) is 20.2 Å². The van der Waals surface area contributed by atoms with Gasteiger partial charge in [0, 0.05) is 0 Å². The topological polar surface area (TPSA) is 21.3 Å². The maximum Gasteiger partial charge on any atom is 0.122 e. The maximum atomic E-state index is 5.71. The quantitative estimate of drug-likeness (QED) is 0.911. The molecule has 0 aromatic heterocycles. The highest BCUT2D eigenvalue weighted by Gasteiger charge is 2.22. The van der Waals surface area contributed by atoms with Crippen molar-refractivity contribution >= 4 is 0 Å². The van der Waals surface area contributed by atoms with Gasteiger partial charge in [-0.1, -0.05) is 0 Å².